The third-order valence-corrected chi connectivity index (χ3v) is 7.01. The van der Waals surface area contributed by atoms with Crippen molar-refractivity contribution >= 4 is 29.0 Å². The monoisotopic (exact) mass is 434 g/mol. The highest BCUT2D eigenvalue weighted by atomic mass is 16.2. The molecule has 0 spiro atoms. The third-order valence-electron chi connectivity index (χ3n) is 7.01. The first-order valence-corrected chi connectivity index (χ1v) is 12.0. The molecule has 6 rings (SSSR count). The summed E-state index contributed by atoms with van der Waals surface area (Å²) in [5.74, 6) is 2.76. The van der Waals surface area contributed by atoms with E-state index in [0.29, 0.717) is 23.7 Å². The van der Waals surface area contributed by atoms with Crippen LogP contribution in [-0.4, -0.2) is 49.3 Å². The van der Waals surface area contributed by atoms with E-state index in [1.807, 2.05) is 22.8 Å². The lowest BCUT2D eigenvalue weighted by Gasteiger charge is -2.28. The average Bonchev–Trinajstić information content (AvgIpc) is 3.20. The molecule has 3 fully saturated rings. The Labute approximate surface area is 187 Å². The number of hydrogen-bond acceptors (Lipinski definition) is 6. The van der Waals surface area contributed by atoms with Crippen molar-refractivity contribution in [3.63, 3.8) is 0 Å². The van der Waals surface area contributed by atoms with Crippen molar-refractivity contribution in [1.29, 1.82) is 0 Å². The van der Waals surface area contributed by atoms with Crippen LogP contribution in [0.4, 0.5) is 17.6 Å². The highest BCUT2D eigenvalue weighted by molar-refractivity contribution is 5.85. The van der Waals surface area contributed by atoms with E-state index >= 15 is 0 Å². The Morgan fingerprint density at radius 1 is 1.09 bits per heavy atom. The second-order valence-corrected chi connectivity index (χ2v) is 9.40. The summed E-state index contributed by atoms with van der Waals surface area (Å²) in [6, 6.07) is 6.09. The first-order valence-electron chi connectivity index (χ1n) is 12.0. The molecule has 168 valence electrons. The van der Waals surface area contributed by atoms with Crippen LogP contribution >= 0.6 is 0 Å². The van der Waals surface area contributed by atoms with Crippen LogP contribution in [0.25, 0.3) is 5.52 Å². The molecule has 9 heteroatoms. The maximum absolute atomic E-state index is 13.1. The lowest BCUT2D eigenvalue weighted by atomic mass is 9.95. The van der Waals surface area contributed by atoms with Crippen molar-refractivity contribution in [2.75, 3.05) is 16.8 Å². The maximum Gasteiger partial charge on any atom is 0.246 e. The zero-order chi connectivity index (χ0) is 21.5. The second-order valence-electron chi connectivity index (χ2n) is 9.40. The summed E-state index contributed by atoms with van der Waals surface area (Å²) in [4.78, 5) is 20.0. The van der Waals surface area contributed by atoms with Gasteiger partial charge in [-0.15, -0.1) is 5.10 Å². The van der Waals surface area contributed by atoms with Crippen molar-refractivity contribution in [3.05, 3.63) is 30.1 Å². The molecule has 1 aliphatic heterocycles. The van der Waals surface area contributed by atoms with Gasteiger partial charge in [0.1, 0.15) is 11.6 Å². The number of aromatic nitrogens is 5. The minimum Gasteiger partial charge on any atom is -0.352 e. The van der Waals surface area contributed by atoms with Crippen molar-refractivity contribution in [1.82, 2.24) is 30.1 Å². The van der Waals surface area contributed by atoms with Gasteiger partial charge in [-0.3, -0.25) is 9.89 Å². The maximum atomic E-state index is 13.1. The number of amides is 1. The van der Waals surface area contributed by atoms with Crippen LogP contribution in [0.5, 0.6) is 0 Å². The summed E-state index contributed by atoms with van der Waals surface area (Å²) in [5, 5.41) is 18.9. The molecule has 0 radical (unpaired) electrons. The van der Waals surface area contributed by atoms with Gasteiger partial charge in [-0.1, -0.05) is 19.3 Å². The van der Waals surface area contributed by atoms with Crippen molar-refractivity contribution < 1.29 is 4.79 Å². The summed E-state index contributed by atoms with van der Waals surface area (Å²) < 4.78 is 1.83. The summed E-state index contributed by atoms with van der Waals surface area (Å²) in [6.45, 7) is 0.781. The lowest BCUT2D eigenvalue weighted by molar-refractivity contribution is -0.123. The van der Waals surface area contributed by atoms with E-state index in [2.05, 4.69) is 31.8 Å². The molecule has 1 atom stereocenters. The Balaban J connectivity index is 1.25. The molecular formula is C23H30N8O. The third kappa shape index (κ3) is 3.80. The molecule has 1 amide bonds. The number of fused-ring (bicyclic) bond motifs is 1. The predicted molar refractivity (Wildman–Crippen MR) is 122 cm³/mol. The van der Waals surface area contributed by atoms with Gasteiger partial charge in [-0.05, 0) is 50.7 Å². The molecule has 4 heterocycles. The van der Waals surface area contributed by atoms with E-state index in [4.69, 9.17) is 10.1 Å². The van der Waals surface area contributed by atoms with Gasteiger partial charge in [0, 0.05) is 36.5 Å². The molecule has 3 aliphatic rings. The number of hydrogen-bond donors (Lipinski definition) is 3. The molecular weight excluding hydrogens is 404 g/mol. The van der Waals surface area contributed by atoms with Gasteiger partial charge in [0.2, 0.25) is 11.9 Å². The van der Waals surface area contributed by atoms with Gasteiger partial charge in [0.15, 0.2) is 11.6 Å². The Morgan fingerprint density at radius 3 is 2.81 bits per heavy atom. The van der Waals surface area contributed by atoms with Crippen LogP contribution in [0, 0.1) is 0 Å². The van der Waals surface area contributed by atoms with Crippen LogP contribution in [0.2, 0.25) is 0 Å². The summed E-state index contributed by atoms with van der Waals surface area (Å²) in [6.07, 6.45) is 12.0. The number of carbonyl (C=O) groups is 1. The predicted octanol–water partition coefficient (Wildman–Crippen LogP) is 3.49. The molecule has 2 aliphatic carbocycles. The molecule has 1 saturated heterocycles. The molecule has 2 saturated carbocycles. The fourth-order valence-corrected chi connectivity index (χ4v) is 5.09. The van der Waals surface area contributed by atoms with E-state index in [-0.39, 0.29) is 11.9 Å². The number of nitrogens with zero attached hydrogens (tertiary/aromatic N) is 5. The summed E-state index contributed by atoms with van der Waals surface area (Å²) in [5.41, 5.74) is 2.05. The number of carbonyl (C=O) groups excluding carboxylic acids is 1. The smallest absolute Gasteiger partial charge is 0.246 e. The van der Waals surface area contributed by atoms with E-state index < -0.39 is 0 Å². The highest BCUT2D eigenvalue weighted by Crippen LogP contribution is 2.39. The topological polar surface area (TPSA) is 103 Å². The molecule has 3 aromatic heterocycles. The normalized spacial score (nSPS) is 21.9. The molecule has 0 bridgehead atoms. The number of aromatic amines is 1. The van der Waals surface area contributed by atoms with Crippen LogP contribution in [0.1, 0.15) is 69.4 Å². The number of nitrogens with one attached hydrogen (secondary N) is 3. The van der Waals surface area contributed by atoms with Crippen molar-refractivity contribution in [3.8, 4) is 0 Å². The first-order chi connectivity index (χ1) is 15.7. The second kappa shape index (κ2) is 8.11. The van der Waals surface area contributed by atoms with Gasteiger partial charge in [0.25, 0.3) is 0 Å². The van der Waals surface area contributed by atoms with Gasteiger partial charge >= 0.3 is 0 Å². The van der Waals surface area contributed by atoms with Crippen molar-refractivity contribution in [2.24, 2.45) is 0 Å². The van der Waals surface area contributed by atoms with E-state index in [1.165, 1.54) is 37.8 Å². The number of H-pyrrole nitrogens is 1. The first kappa shape index (κ1) is 19.6. The molecule has 3 aromatic rings. The Kier molecular flexibility index (Phi) is 4.96. The fraction of sp³-hybridized carbons (Fsp3) is 0.565. The van der Waals surface area contributed by atoms with E-state index in [1.54, 1.807) is 0 Å². The van der Waals surface area contributed by atoms with Gasteiger partial charge in [-0.2, -0.15) is 10.1 Å². The largest absolute Gasteiger partial charge is 0.352 e. The van der Waals surface area contributed by atoms with Crippen molar-refractivity contribution in [2.45, 2.75) is 75.8 Å². The molecule has 9 nitrogen and oxygen atoms in total. The molecule has 3 N–H and O–H groups in total. The fourth-order valence-electron chi connectivity index (χ4n) is 5.09. The lowest BCUT2D eigenvalue weighted by Crippen LogP contribution is -2.48. The minimum atomic E-state index is -0.218. The van der Waals surface area contributed by atoms with Crippen LogP contribution in [-0.2, 0) is 4.79 Å². The zero-order valence-electron chi connectivity index (χ0n) is 18.3. The van der Waals surface area contributed by atoms with E-state index in [9.17, 15) is 4.79 Å². The van der Waals surface area contributed by atoms with E-state index in [0.717, 1.165) is 43.6 Å². The van der Waals surface area contributed by atoms with Gasteiger partial charge < -0.3 is 15.5 Å². The highest BCUT2D eigenvalue weighted by Gasteiger charge is 2.34. The van der Waals surface area contributed by atoms with Gasteiger partial charge in [0.05, 0.1) is 0 Å². The SMILES string of the molecule is O=C(NC1CCCCC1)[C@@H]1CCCN1c1nc(Nc2cc(C3CC3)[nH]n2)c2cccn2n1. The Morgan fingerprint density at radius 2 is 1.97 bits per heavy atom. The standard InChI is InChI=1S/C23H30N8O/c32-22(24-16-6-2-1-3-7-16)19-9-4-12-30(19)23-26-21(18-8-5-13-31(18)29-23)25-20-14-17(27-28-20)15-10-11-15/h5,8,13-16,19H,1-4,6-7,9-12H2,(H,24,32)(H2,25,26,27,28,29)/t19-/m0/s1. The summed E-state index contributed by atoms with van der Waals surface area (Å²) >= 11 is 0. The number of anilines is 3. The van der Waals surface area contributed by atoms with Crippen LogP contribution in [0.15, 0.2) is 24.4 Å². The van der Waals surface area contributed by atoms with Gasteiger partial charge in [-0.25, -0.2) is 4.52 Å². The molecule has 0 unspecified atom stereocenters. The molecule has 0 aromatic carbocycles. The summed E-state index contributed by atoms with van der Waals surface area (Å²) in [7, 11) is 0. The van der Waals surface area contributed by atoms with Crippen LogP contribution < -0.4 is 15.5 Å². The number of rotatable bonds is 6. The Bertz CT molecular complexity index is 1110. The van der Waals surface area contributed by atoms with Crippen LogP contribution in [0.3, 0.4) is 0 Å². The minimum absolute atomic E-state index is 0.112. The average molecular weight is 435 g/mol. The molecule has 32 heavy (non-hydrogen) atoms. The quantitative estimate of drug-likeness (QED) is 0.549. The Hall–Kier alpha value is -3.10. The zero-order valence-corrected chi connectivity index (χ0v) is 18.3.